The Morgan fingerprint density at radius 1 is 0.852 bits per heavy atom. The summed E-state index contributed by atoms with van der Waals surface area (Å²) in [4.78, 5) is 23.4. The Morgan fingerprint density at radius 2 is 1.44 bits per heavy atom. The van der Waals surface area contributed by atoms with E-state index in [9.17, 15) is 22.8 Å². The summed E-state index contributed by atoms with van der Waals surface area (Å²) in [5, 5.41) is 0. The maximum Gasteiger partial charge on any atom is 0.311 e. The van der Waals surface area contributed by atoms with E-state index in [1.54, 1.807) is 12.1 Å². The molecule has 2 rings (SSSR count). The molecule has 4 nitrogen and oxygen atoms in total. The number of esters is 2. The fourth-order valence-corrected chi connectivity index (χ4v) is 2.30. The van der Waals surface area contributed by atoms with E-state index in [1.165, 1.54) is 13.8 Å². The van der Waals surface area contributed by atoms with Crippen LogP contribution < -0.4 is 4.74 Å². The Kier molecular flexibility index (Phi) is 6.98. The molecule has 0 aliphatic heterocycles. The maximum atomic E-state index is 14.0. The van der Waals surface area contributed by atoms with Crippen LogP contribution in [0.15, 0.2) is 30.3 Å². The van der Waals surface area contributed by atoms with Gasteiger partial charge in [0.15, 0.2) is 11.6 Å². The highest BCUT2D eigenvalue weighted by Gasteiger charge is 2.24. The summed E-state index contributed by atoms with van der Waals surface area (Å²) in [6.45, 7) is 2.60. The first-order valence-electron chi connectivity index (χ1n) is 8.35. The average Bonchev–Trinajstić information content (AvgIpc) is 2.67. The lowest BCUT2D eigenvalue weighted by molar-refractivity contribution is -0.145. The van der Waals surface area contributed by atoms with Gasteiger partial charge in [0.2, 0.25) is 11.6 Å². The van der Waals surface area contributed by atoms with Gasteiger partial charge in [-0.2, -0.15) is 4.39 Å². The maximum absolute atomic E-state index is 14.0. The minimum atomic E-state index is -1.55. The molecule has 0 spiro atoms. The molecule has 0 aliphatic carbocycles. The van der Waals surface area contributed by atoms with Crippen LogP contribution >= 0.6 is 0 Å². The molecule has 144 valence electrons. The zero-order valence-electron chi connectivity index (χ0n) is 15.0. The summed E-state index contributed by atoms with van der Waals surface area (Å²) in [5.74, 6) is -6.48. The molecule has 0 bridgehead atoms. The summed E-state index contributed by atoms with van der Waals surface area (Å²) in [5.41, 5.74) is 0.500. The number of rotatable bonds is 7. The highest BCUT2D eigenvalue weighted by Crippen LogP contribution is 2.30. The van der Waals surface area contributed by atoms with Crippen LogP contribution in [0.2, 0.25) is 0 Å². The van der Waals surface area contributed by atoms with Crippen LogP contribution in [0, 0.1) is 31.3 Å². The van der Waals surface area contributed by atoms with E-state index in [0.29, 0.717) is 0 Å². The van der Waals surface area contributed by atoms with Gasteiger partial charge in [0, 0.05) is 12.8 Å². The van der Waals surface area contributed by atoms with Crippen LogP contribution in [-0.4, -0.2) is 11.9 Å². The largest absolute Gasteiger partial charge is 0.461 e. The number of carbonyl (C=O) groups excluding carboxylic acids is 2. The molecule has 0 saturated carbocycles. The van der Waals surface area contributed by atoms with Gasteiger partial charge in [-0.15, -0.1) is 0 Å². The monoisotopic (exact) mass is 380 g/mol. The molecular weight excluding hydrogens is 361 g/mol. The fraction of sp³-hybridized carbons (Fsp3) is 0.300. The SMILES string of the molecule is Cc1c(C)c(F)c(OC(=O)CCCC(=O)OCc2ccccc2)c(F)c1F. The van der Waals surface area contributed by atoms with E-state index in [-0.39, 0.29) is 37.0 Å². The third-order valence-corrected chi connectivity index (χ3v) is 4.03. The number of hydrogen-bond acceptors (Lipinski definition) is 4. The average molecular weight is 380 g/mol. The smallest absolute Gasteiger partial charge is 0.311 e. The Labute approximate surface area is 154 Å². The van der Waals surface area contributed by atoms with Crippen molar-refractivity contribution in [2.45, 2.75) is 39.7 Å². The molecule has 0 aliphatic rings. The van der Waals surface area contributed by atoms with E-state index in [1.807, 2.05) is 18.2 Å². The second-order valence-corrected chi connectivity index (χ2v) is 5.99. The number of carbonyl (C=O) groups is 2. The van der Waals surface area contributed by atoms with Crippen molar-refractivity contribution in [3.8, 4) is 5.75 Å². The second kappa shape index (κ2) is 9.21. The van der Waals surface area contributed by atoms with Crippen molar-refractivity contribution >= 4 is 11.9 Å². The highest BCUT2D eigenvalue weighted by atomic mass is 19.2. The van der Waals surface area contributed by atoms with Gasteiger partial charge in [0.25, 0.3) is 0 Å². The van der Waals surface area contributed by atoms with Crippen molar-refractivity contribution in [3.05, 3.63) is 64.5 Å². The van der Waals surface area contributed by atoms with Crippen LogP contribution in [-0.2, 0) is 20.9 Å². The summed E-state index contributed by atoms with van der Waals surface area (Å²) >= 11 is 0. The molecule has 2 aromatic carbocycles. The van der Waals surface area contributed by atoms with Crippen molar-refractivity contribution in [1.82, 2.24) is 0 Å². The topological polar surface area (TPSA) is 52.6 Å². The number of hydrogen-bond donors (Lipinski definition) is 0. The van der Waals surface area contributed by atoms with Crippen molar-refractivity contribution in [3.63, 3.8) is 0 Å². The lowest BCUT2D eigenvalue weighted by atomic mass is 10.1. The van der Waals surface area contributed by atoms with Crippen molar-refractivity contribution < 1.29 is 32.2 Å². The zero-order chi connectivity index (χ0) is 20.0. The van der Waals surface area contributed by atoms with Gasteiger partial charge in [-0.3, -0.25) is 9.59 Å². The molecule has 0 fully saturated rings. The number of benzene rings is 2. The Hall–Kier alpha value is -2.83. The lowest BCUT2D eigenvalue weighted by Crippen LogP contribution is -2.13. The van der Waals surface area contributed by atoms with Gasteiger partial charge >= 0.3 is 11.9 Å². The molecule has 0 unspecified atom stereocenters. The molecule has 0 aromatic heterocycles. The highest BCUT2D eigenvalue weighted by molar-refractivity contribution is 5.74. The van der Waals surface area contributed by atoms with Gasteiger partial charge < -0.3 is 9.47 Å². The van der Waals surface area contributed by atoms with Gasteiger partial charge in [0.05, 0.1) is 0 Å². The molecule has 0 atom stereocenters. The normalized spacial score (nSPS) is 10.6. The van der Waals surface area contributed by atoms with Gasteiger partial charge in [0.1, 0.15) is 6.61 Å². The molecule has 7 heteroatoms. The van der Waals surface area contributed by atoms with E-state index >= 15 is 0 Å². The lowest BCUT2D eigenvalue weighted by Gasteiger charge is -2.11. The Morgan fingerprint density at radius 3 is 2.11 bits per heavy atom. The molecular formula is C20H19F3O4. The predicted molar refractivity (Wildman–Crippen MR) is 91.5 cm³/mol. The number of ether oxygens (including phenoxy) is 2. The van der Waals surface area contributed by atoms with Gasteiger partial charge in [-0.25, -0.2) is 8.78 Å². The molecule has 2 aromatic rings. The van der Waals surface area contributed by atoms with E-state index in [4.69, 9.17) is 4.74 Å². The van der Waals surface area contributed by atoms with Crippen molar-refractivity contribution in [1.29, 1.82) is 0 Å². The molecule has 0 heterocycles. The molecule has 27 heavy (non-hydrogen) atoms. The van der Waals surface area contributed by atoms with Crippen LogP contribution in [0.4, 0.5) is 13.2 Å². The van der Waals surface area contributed by atoms with E-state index in [2.05, 4.69) is 4.74 Å². The van der Waals surface area contributed by atoms with Gasteiger partial charge in [-0.1, -0.05) is 30.3 Å². The summed E-state index contributed by atoms with van der Waals surface area (Å²) < 4.78 is 51.2. The third kappa shape index (κ3) is 5.32. The third-order valence-electron chi connectivity index (χ3n) is 4.03. The Bertz CT molecular complexity index is 806. The first-order chi connectivity index (χ1) is 12.8. The van der Waals surface area contributed by atoms with Gasteiger partial charge in [-0.05, 0) is 37.0 Å². The predicted octanol–water partition coefficient (Wildman–Crippen LogP) is 4.54. The van der Waals surface area contributed by atoms with Crippen LogP contribution in [0.25, 0.3) is 0 Å². The first-order valence-corrected chi connectivity index (χ1v) is 8.35. The summed E-state index contributed by atoms with van der Waals surface area (Å²) in [6, 6.07) is 9.07. The van der Waals surface area contributed by atoms with Crippen LogP contribution in [0.1, 0.15) is 36.0 Å². The first kappa shape index (κ1) is 20.5. The Balaban J connectivity index is 1.82. The van der Waals surface area contributed by atoms with Crippen LogP contribution in [0.5, 0.6) is 5.75 Å². The molecule has 0 amide bonds. The van der Waals surface area contributed by atoms with E-state index < -0.39 is 35.1 Å². The fourth-order valence-electron chi connectivity index (χ4n) is 2.30. The molecule has 0 N–H and O–H groups in total. The molecule has 0 radical (unpaired) electrons. The summed E-state index contributed by atoms with van der Waals surface area (Å²) in [7, 11) is 0. The van der Waals surface area contributed by atoms with Crippen molar-refractivity contribution in [2.24, 2.45) is 0 Å². The van der Waals surface area contributed by atoms with Crippen LogP contribution in [0.3, 0.4) is 0 Å². The standard InChI is InChI=1S/C20H19F3O4/c1-12-13(2)18(22)20(19(23)17(12)21)27-16(25)10-6-9-15(24)26-11-14-7-4-3-5-8-14/h3-5,7-8H,6,9-11H2,1-2H3. The quantitative estimate of drug-likeness (QED) is 0.402. The van der Waals surface area contributed by atoms with E-state index in [0.717, 1.165) is 5.56 Å². The summed E-state index contributed by atoms with van der Waals surface area (Å²) in [6.07, 6.45) is -0.259. The molecule has 0 saturated heterocycles. The minimum absolute atomic E-state index is 0.0613. The number of halogens is 3. The second-order valence-electron chi connectivity index (χ2n) is 5.99. The minimum Gasteiger partial charge on any atom is -0.461 e. The van der Waals surface area contributed by atoms with Crippen molar-refractivity contribution in [2.75, 3.05) is 0 Å². The zero-order valence-corrected chi connectivity index (χ0v) is 15.0.